The minimum absolute atomic E-state index is 0.0552. The predicted octanol–water partition coefficient (Wildman–Crippen LogP) is 3.60. The molecule has 132 valence electrons. The van der Waals surface area contributed by atoms with Gasteiger partial charge in [0, 0.05) is 11.6 Å². The van der Waals surface area contributed by atoms with Crippen LogP contribution in [-0.2, 0) is 16.1 Å². The van der Waals surface area contributed by atoms with Crippen LogP contribution < -0.4 is 10.1 Å². The summed E-state index contributed by atoms with van der Waals surface area (Å²) in [5.41, 5.74) is 1.15. The second-order valence-corrected chi connectivity index (χ2v) is 6.04. The number of amides is 1. The van der Waals surface area contributed by atoms with E-state index in [9.17, 15) is 9.59 Å². The third kappa shape index (κ3) is 6.12. The van der Waals surface area contributed by atoms with Crippen LogP contribution in [-0.4, -0.2) is 24.6 Å². The summed E-state index contributed by atoms with van der Waals surface area (Å²) in [4.78, 5) is 23.7. The van der Waals surface area contributed by atoms with Crippen LogP contribution in [0.5, 0.6) is 5.75 Å². The van der Waals surface area contributed by atoms with E-state index in [-0.39, 0.29) is 19.3 Å². The lowest BCUT2D eigenvalue weighted by molar-refractivity contribution is -0.124. The summed E-state index contributed by atoms with van der Waals surface area (Å²) in [5, 5.41) is 3.23. The molecule has 0 saturated heterocycles. The Balaban J connectivity index is 1.79. The van der Waals surface area contributed by atoms with Crippen molar-refractivity contribution in [1.82, 2.24) is 5.32 Å². The number of nitrogens with one attached hydrogen (secondary N) is 1. The summed E-state index contributed by atoms with van der Waals surface area (Å²) in [6, 6.07) is 13.8. The van der Waals surface area contributed by atoms with E-state index in [0.29, 0.717) is 16.3 Å². The average Bonchev–Trinajstić information content (AvgIpc) is 2.59. The van der Waals surface area contributed by atoms with Gasteiger partial charge in [-0.3, -0.25) is 4.79 Å². The van der Waals surface area contributed by atoms with Crippen LogP contribution in [0.15, 0.2) is 48.5 Å². The Kier molecular flexibility index (Phi) is 6.83. The van der Waals surface area contributed by atoms with Gasteiger partial charge in [-0.25, -0.2) is 4.79 Å². The molecule has 0 aliphatic rings. The van der Waals surface area contributed by atoms with Crippen molar-refractivity contribution in [3.05, 3.63) is 64.7 Å². The topological polar surface area (TPSA) is 64.6 Å². The minimum atomic E-state index is -0.566. The molecule has 5 nitrogen and oxygen atoms in total. The summed E-state index contributed by atoms with van der Waals surface area (Å²) in [6.07, 6.45) is 0.0552. The van der Waals surface area contributed by atoms with Crippen molar-refractivity contribution >= 4 is 23.5 Å². The van der Waals surface area contributed by atoms with Crippen LogP contribution in [0.2, 0.25) is 5.02 Å². The van der Waals surface area contributed by atoms with E-state index in [1.807, 2.05) is 32.0 Å². The molecule has 1 amide bonds. The molecule has 0 heterocycles. The molecule has 25 heavy (non-hydrogen) atoms. The van der Waals surface area contributed by atoms with Crippen molar-refractivity contribution < 1.29 is 19.1 Å². The molecule has 0 aliphatic heterocycles. The van der Waals surface area contributed by atoms with Gasteiger partial charge in [-0.05, 0) is 49.7 Å². The first-order valence-electron chi connectivity index (χ1n) is 7.89. The Morgan fingerprint density at radius 3 is 2.40 bits per heavy atom. The highest BCUT2D eigenvalue weighted by Crippen LogP contribution is 2.15. The molecule has 0 spiro atoms. The summed E-state index contributed by atoms with van der Waals surface area (Å²) in [7, 11) is 0. The Morgan fingerprint density at radius 1 is 1.08 bits per heavy atom. The molecule has 1 N–H and O–H groups in total. The second kappa shape index (κ2) is 9.08. The van der Waals surface area contributed by atoms with Crippen molar-refractivity contribution in [2.75, 3.05) is 6.61 Å². The first kappa shape index (κ1) is 18.8. The molecule has 0 aliphatic carbocycles. The number of hydrogen-bond donors (Lipinski definition) is 1. The molecule has 0 bridgehead atoms. The van der Waals surface area contributed by atoms with Gasteiger partial charge in [0.2, 0.25) is 0 Å². The van der Waals surface area contributed by atoms with Gasteiger partial charge in [-0.15, -0.1) is 0 Å². The quantitative estimate of drug-likeness (QED) is 0.765. The second-order valence-electron chi connectivity index (χ2n) is 5.64. The summed E-state index contributed by atoms with van der Waals surface area (Å²) < 4.78 is 10.5. The largest absolute Gasteiger partial charge is 0.491 e. The molecule has 0 aromatic heterocycles. The zero-order valence-electron chi connectivity index (χ0n) is 14.1. The lowest BCUT2D eigenvalue weighted by Crippen LogP contribution is -2.28. The van der Waals surface area contributed by atoms with Crippen LogP contribution in [0.4, 0.5) is 0 Å². The van der Waals surface area contributed by atoms with E-state index in [0.717, 1.165) is 5.56 Å². The van der Waals surface area contributed by atoms with Crippen molar-refractivity contribution in [2.24, 2.45) is 0 Å². The first-order valence-corrected chi connectivity index (χ1v) is 8.27. The summed E-state index contributed by atoms with van der Waals surface area (Å²) in [6.45, 7) is 3.76. The fraction of sp³-hybridized carbons (Fsp3) is 0.263. The summed E-state index contributed by atoms with van der Waals surface area (Å²) >= 11 is 6.01. The highest BCUT2D eigenvalue weighted by Gasteiger charge is 2.11. The highest BCUT2D eigenvalue weighted by atomic mass is 35.5. The smallest absolute Gasteiger partial charge is 0.338 e. The number of halogens is 1. The maximum atomic E-state index is 11.9. The molecule has 0 fully saturated rings. The van der Waals surface area contributed by atoms with Gasteiger partial charge in [0.25, 0.3) is 5.91 Å². The van der Waals surface area contributed by atoms with Crippen molar-refractivity contribution in [1.29, 1.82) is 0 Å². The molecule has 2 rings (SSSR count). The number of ether oxygens (including phenoxy) is 2. The Labute approximate surface area is 151 Å². The molecular weight excluding hydrogens is 342 g/mol. The van der Waals surface area contributed by atoms with Gasteiger partial charge in [0.1, 0.15) is 5.75 Å². The molecule has 0 radical (unpaired) electrons. The zero-order chi connectivity index (χ0) is 18.2. The van der Waals surface area contributed by atoms with E-state index in [1.54, 1.807) is 30.3 Å². The summed E-state index contributed by atoms with van der Waals surface area (Å²) in [5.74, 6) is -0.291. The number of hydrogen-bond acceptors (Lipinski definition) is 4. The monoisotopic (exact) mass is 361 g/mol. The van der Waals surface area contributed by atoms with E-state index in [2.05, 4.69) is 5.32 Å². The van der Waals surface area contributed by atoms with Crippen LogP contribution in [0.3, 0.4) is 0 Å². The molecule has 2 aromatic carbocycles. The number of rotatable bonds is 7. The maximum Gasteiger partial charge on any atom is 0.338 e. The molecular formula is C19H20ClNO4. The molecule has 0 atom stereocenters. The Hall–Kier alpha value is -2.53. The normalized spacial score (nSPS) is 10.4. The Morgan fingerprint density at radius 2 is 1.76 bits per heavy atom. The lowest BCUT2D eigenvalue weighted by Gasteiger charge is -2.10. The molecule has 2 aromatic rings. The standard InChI is InChI=1S/C19H20ClNO4/c1-13(2)25-16-9-7-14(8-10-16)19(23)24-12-18(22)21-11-15-5-3-4-6-17(15)20/h3-10,13H,11-12H2,1-2H3,(H,21,22). The predicted molar refractivity (Wildman–Crippen MR) is 95.8 cm³/mol. The van der Waals surface area contributed by atoms with E-state index in [1.165, 1.54) is 0 Å². The third-order valence-corrected chi connectivity index (χ3v) is 3.60. The molecule has 0 unspecified atom stereocenters. The van der Waals surface area contributed by atoms with Gasteiger partial charge in [-0.1, -0.05) is 29.8 Å². The number of esters is 1. The first-order chi connectivity index (χ1) is 12.0. The van der Waals surface area contributed by atoms with Gasteiger partial charge >= 0.3 is 5.97 Å². The zero-order valence-corrected chi connectivity index (χ0v) is 14.9. The average molecular weight is 362 g/mol. The third-order valence-electron chi connectivity index (χ3n) is 3.23. The van der Waals surface area contributed by atoms with Crippen LogP contribution in [0, 0.1) is 0 Å². The fourth-order valence-corrected chi connectivity index (χ4v) is 2.25. The Bertz CT molecular complexity index is 728. The number of carbonyl (C=O) groups excluding carboxylic acids is 2. The highest BCUT2D eigenvalue weighted by molar-refractivity contribution is 6.31. The van der Waals surface area contributed by atoms with Crippen molar-refractivity contribution in [2.45, 2.75) is 26.5 Å². The molecule has 6 heteroatoms. The lowest BCUT2D eigenvalue weighted by atomic mass is 10.2. The minimum Gasteiger partial charge on any atom is -0.491 e. The van der Waals surface area contributed by atoms with Gasteiger partial charge < -0.3 is 14.8 Å². The molecule has 0 saturated carbocycles. The maximum absolute atomic E-state index is 11.9. The van der Waals surface area contributed by atoms with Crippen molar-refractivity contribution in [3.63, 3.8) is 0 Å². The van der Waals surface area contributed by atoms with Crippen LogP contribution in [0.25, 0.3) is 0 Å². The van der Waals surface area contributed by atoms with E-state index in [4.69, 9.17) is 21.1 Å². The number of benzene rings is 2. The number of carbonyl (C=O) groups is 2. The van der Waals surface area contributed by atoms with Gasteiger partial charge in [0.05, 0.1) is 11.7 Å². The van der Waals surface area contributed by atoms with Gasteiger partial charge in [-0.2, -0.15) is 0 Å². The van der Waals surface area contributed by atoms with E-state index >= 15 is 0 Å². The van der Waals surface area contributed by atoms with E-state index < -0.39 is 11.9 Å². The van der Waals surface area contributed by atoms with Crippen LogP contribution >= 0.6 is 11.6 Å². The van der Waals surface area contributed by atoms with Crippen molar-refractivity contribution in [3.8, 4) is 5.75 Å². The fourth-order valence-electron chi connectivity index (χ4n) is 2.04. The van der Waals surface area contributed by atoms with Gasteiger partial charge in [0.15, 0.2) is 6.61 Å². The van der Waals surface area contributed by atoms with Crippen LogP contribution in [0.1, 0.15) is 29.8 Å². The SMILES string of the molecule is CC(C)Oc1ccc(C(=O)OCC(=O)NCc2ccccc2Cl)cc1.